The number of aryl methyl sites for hydroxylation is 2. The Balaban J connectivity index is 1.40. The molecule has 0 radical (unpaired) electrons. The quantitative estimate of drug-likeness (QED) is 0.885. The van der Waals surface area contributed by atoms with Crippen molar-refractivity contribution < 1.29 is 4.79 Å². The van der Waals surface area contributed by atoms with Crippen molar-refractivity contribution in [1.29, 1.82) is 0 Å². The molecule has 1 aliphatic carbocycles. The highest BCUT2D eigenvalue weighted by molar-refractivity contribution is 5.79. The van der Waals surface area contributed by atoms with E-state index in [2.05, 4.69) is 25.5 Å². The normalized spacial score (nSPS) is 25.2. The number of nitrogens with zero attached hydrogens (tertiary/aromatic N) is 4. The summed E-state index contributed by atoms with van der Waals surface area (Å²) in [6.45, 7) is 5.63. The average Bonchev–Trinajstić information content (AvgIpc) is 3.28. The Labute approximate surface area is 147 Å². The van der Waals surface area contributed by atoms with Crippen LogP contribution >= 0.6 is 0 Å². The monoisotopic (exact) mass is 340 g/mol. The average molecular weight is 340 g/mol. The van der Waals surface area contributed by atoms with Crippen LogP contribution in [0.5, 0.6) is 0 Å². The number of aromatic amines is 1. The molecule has 132 valence electrons. The van der Waals surface area contributed by atoms with Crippen LogP contribution in [0.1, 0.15) is 29.8 Å². The van der Waals surface area contributed by atoms with Crippen molar-refractivity contribution in [2.45, 2.75) is 39.2 Å². The highest BCUT2D eigenvalue weighted by Crippen LogP contribution is 2.39. The molecule has 0 aromatic carbocycles. The first-order valence-corrected chi connectivity index (χ1v) is 8.92. The van der Waals surface area contributed by atoms with Crippen LogP contribution in [0, 0.1) is 25.7 Å². The Morgan fingerprint density at radius 1 is 1.32 bits per heavy atom. The lowest BCUT2D eigenvalue weighted by Crippen LogP contribution is -2.34. The lowest BCUT2D eigenvalue weighted by atomic mass is 9.98. The lowest BCUT2D eigenvalue weighted by Gasteiger charge is -2.22. The summed E-state index contributed by atoms with van der Waals surface area (Å²) in [6, 6.07) is 0.372. The highest BCUT2D eigenvalue weighted by atomic mass is 16.2. The van der Waals surface area contributed by atoms with Crippen molar-refractivity contribution in [3.8, 4) is 0 Å². The SMILES string of the molecule is Cc1n[nH]c(C)c1CC(=O)N1C[C@@H]2CC[C@@H](Nc3cnccn3)[C@@H]2C1. The molecule has 1 aliphatic heterocycles. The summed E-state index contributed by atoms with van der Waals surface area (Å²) in [4.78, 5) is 23.2. The van der Waals surface area contributed by atoms with Crippen molar-refractivity contribution in [2.24, 2.45) is 11.8 Å². The van der Waals surface area contributed by atoms with Crippen molar-refractivity contribution in [2.75, 3.05) is 18.4 Å². The van der Waals surface area contributed by atoms with E-state index in [0.717, 1.165) is 48.7 Å². The van der Waals surface area contributed by atoms with E-state index in [1.807, 2.05) is 18.7 Å². The van der Waals surface area contributed by atoms with Crippen LogP contribution in [0.15, 0.2) is 18.6 Å². The van der Waals surface area contributed by atoms with Crippen LogP contribution in [0.4, 0.5) is 5.82 Å². The molecular weight excluding hydrogens is 316 g/mol. The number of fused-ring (bicyclic) bond motifs is 1. The van der Waals surface area contributed by atoms with Crippen molar-refractivity contribution in [1.82, 2.24) is 25.1 Å². The standard InChI is InChI=1S/C18H24N6O/c1-11-14(12(2)23-22-11)7-18(25)24-9-13-3-4-16(15(13)10-24)21-17-8-19-5-6-20-17/h5-6,8,13,15-16H,3-4,7,9-10H2,1-2H3,(H,20,21)(H,22,23)/t13-,15+,16+/m0/s1. The molecule has 3 heterocycles. The van der Waals surface area contributed by atoms with Gasteiger partial charge in [-0.25, -0.2) is 4.98 Å². The van der Waals surface area contributed by atoms with Gasteiger partial charge < -0.3 is 10.2 Å². The molecule has 1 saturated heterocycles. The summed E-state index contributed by atoms with van der Waals surface area (Å²) in [5.74, 6) is 2.12. The summed E-state index contributed by atoms with van der Waals surface area (Å²) in [5, 5.41) is 10.7. The summed E-state index contributed by atoms with van der Waals surface area (Å²) in [7, 11) is 0. The van der Waals surface area contributed by atoms with Crippen LogP contribution in [-0.4, -0.2) is 50.1 Å². The molecule has 2 aromatic rings. The molecule has 0 bridgehead atoms. The topological polar surface area (TPSA) is 86.8 Å². The zero-order chi connectivity index (χ0) is 17.4. The van der Waals surface area contributed by atoms with Crippen molar-refractivity contribution in [3.05, 3.63) is 35.5 Å². The molecule has 0 spiro atoms. The molecule has 25 heavy (non-hydrogen) atoms. The Kier molecular flexibility index (Phi) is 4.15. The second-order valence-electron chi connectivity index (χ2n) is 7.23. The van der Waals surface area contributed by atoms with Gasteiger partial charge in [0.1, 0.15) is 5.82 Å². The van der Waals surface area contributed by atoms with Crippen LogP contribution in [0.3, 0.4) is 0 Å². The summed E-state index contributed by atoms with van der Waals surface area (Å²) in [5.41, 5.74) is 2.95. The summed E-state index contributed by atoms with van der Waals surface area (Å²) < 4.78 is 0. The minimum atomic E-state index is 0.209. The number of H-pyrrole nitrogens is 1. The highest BCUT2D eigenvalue weighted by Gasteiger charge is 2.44. The smallest absolute Gasteiger partial charge is 0.227 e. The molecule has 7 heteroatoms. The fraction of sp³-hybridized carbons (Fsp3) is 0.556. The zero-order valence-electron chi connectivity index (χ0n) is 14.7. The number of nitrogens with one attached hydrogen (secondary N) is 2. The van der Waals surface area contributed by atoms with E-state index >= 15 is 0 Å². The van der Waals surface area contributed by atoms with Gasteiger partial charge in [0, 0.05) is 48.7 Å². The second-order valence-corrected chi connectivity index (χ2v) is 7.23. The third-order valence-corrected chi connectivity index (χ3v) is 5.71. The van der Waals surface area contributed by atoms with E-state index in [0.29, 0.717) is 24.3 Å². The Hall–Kier alpha value is -2.44. The maximum atomic E-state index is 12.8. The maximum Gasteiger partial charge on any atom is 0.227 e. The maximum absolute atomic E-state index is 12.8. The summed E-state index contributed by atoms with van der Waals surface area (Å²) >= 11 is 0. The van der Waals surface area contributed by atoms with E-state index in [-0.39, 0.29) is 5.91 Å². The molecular formula is C18H24N6O. The Morgan fingerprint density at radius 3 is 2.92 bits per heavy atom. The molecule has 7 nitrogen and oxygen atoms in total. The Bertz CT molecular complexity index is 739. The number of likely N-dealkylation sites (tertiary alicyclic amines) is 1. The van der Waals surface area contributed by atoms with Gasteiger partial charge in [-0.3, -0.25) is 14.9 Å². The van der Waals surface area contributed by atoms with Crippen LogP contribution in [0.25, 0.3) is 0 Å². The number of aromatic nitrogens is 4. The number of carbonyl (C=O) groups is 1. The first-order valence-electron chi connectivity index (χ1n) is 8.92. The van der Waals surface area contributed by atoms with Gasteiger partial charge in [-0.1, -0.05) is 0 Å². The lowest BCUT2D eigenvalue weighted by molar-refractivity contribution is -0.129. The van der Waals surface area contributed by atoms with Crippen molar-refractivity contribution in [3.63, 3.8) is 0 Å². The minimum Gasteiger partial charge on any atom is -0.366 e. The van der Waals surface area contributed by atoms with Gasteiger partial charge in [-0.05, 0) is 32.6 Å². The molecule has 2 N–H and O–H groups in total. The summed E-state index contributed by atoms with van der Waals surface area (Å²) in [6.07, 6.45) is 7.88. The number of rotatable bonds is 4. The fourth-order valence-corrected chi connectivity index (χ4v) is 4.31. The molecule has 2 fully saturated rings. The second kappa shape index (κ2) is 6.46. The van der Waals surface area contributed by atoms with Gasteiger partial charge in [0.25, 0.3) is 0 Å². The van der Waals surface area contributed by atoms with Gasteiger partial charge in [-0.15, -0.1) is 0 Å². The van der Waals surface area contributed by atoms with E-state index < -0.39 is 0 Å². The van der Waals surface area contributed by atoms with Gasteiger partial charge in [0.15, 0.2) is 0 Å². The van der Waals surface area contributed by atoms with Crippen LogP contribution in [0.2, 0.25) is 0 Å². The predicted octanol–water partition coefficient (Wildman–Crippen LogP) is 1.71. The zero-order valence-corrected chi connectivity index (χ0v) is 14.7. The predicted molar refractivity (Wildman–Crippen MR) is 94.0 cm³/mol. The van der Waals surface area contributed by atoms with E-state index in [1.165, 1.54) is 0 Å². The molecule has 1 saturated carbocycles. The van der Waals surface area contributed by atoms with Crippen LogP contribution in [-0.2, 0) is 11.2 Å². The first kappa shape index (κ1) is 16.1. The van der Waals surface area contributed by atoms with E-state index in [4.69, 9.17) is 0 Å². The van der Waals surface area contributed by atoms with E-state index in [1.54, 1.807) is 18.6 Å². The fourth-order valence-electron chi connectivity index (χ4n) is 4.31. The number of anilines is 1. The van der Waals surface area contributed by atoms with Crippen molar-refractivity contribution >= 4 is 11.7 Å². The molecule has 1 amide bonds. The van der Waals surface area contributed by atoms with E-state index in [9.17, 15) is 4.79 Å². The number of hydrogen-bond donors (Lipinski definition) is 2. The molecule has 2 aliphatic rings. The van der Waals surface area contributed by atoms with Gasteiger partial charge in [-0.2, -0.15) is 5.10 Å². The first-order chi connectivity index (χ1) is 12.1. The number of amides is 1. The Morgan fingerprint density at radius 2 is 2.20 bits per heavy atom. The molecule has 4 rings (SSSR count). The molecule has 3 atom stereocenters. The van der Waals surface area contributed by atoms with Gasteiger partial charge in [0.2, 0.25) is 5.91 Å². The van der Waals surface area contributed by atoms with Gasteiger partial charge in [0.05, 0.1) is 18.3 Å². The molecule has 2 aromatic heterocycles. The minimum absolute atomic E-state index is 0.209. The number of carbonyl (C=O) groups excluding carboxylic acids is 1. The largest absolute Gasteiger partial charge is 0.366 e. The third kappa shape index (κ3) is 3.10. The molecule has 0 unspecified atom stereocenters. The third-order valence-electron chi connectivity index (χ3n) is 5.71. The number of hydrogen-bond acceptors (Lipinski definition) is 5. The van der Waals surface area contributed by atoms with Crippen LogP contribution < -0.4 is 5.32 Å². The van der Waals surface area contributed by atoms with Gasteiger partial charge >= 0.3 is 0 Å².